The molecule has 0 unspecified atom stereocenters. The number of likely N-dealkylation sites (tertiary alicyclic amines) is 1. The predicted octanol–water partition coefficient (Wildman–Crippen LogP) is 2.41. The quantitative estimate of drug-likeness (QED) is 0.817. The SMILES string of the molecule is COC(=O)C1CCN(CC(=O)Nc2ccc(OC(F)(F)F)cc2)CC1. The first-order valence-electron chi connectivity index (χ1n) is 7.72. The molecule has 1 heterocycles. The molecule has 0 radical (unpaired) electrons. The maximum absolute atomic E-state index is 12.1. The molecule has 1 aliphatic heterocycles. The third-order valence-electron chi connectivity index (χ3n) is 3.86. The number of nitrogens with one attached hydrogen (secondary N) is 1. The van der Waals surface area contributed by atoms with Crippen LogP contribution in [0.3, 0.4) is 0 Å². The highest BCUT2D eigenvalue weighted by atomic mass is 19.4. The smallest absolute Gasteiger partial charge is 0.469 e. The number of rotatable bonds is 5. The number of piperidine rings is 1. The molecule has 1 aliphatic rings. The van der Waals surface area contributed by atoms with E-state index in [1.807, 2.05) is 4.90 Å². The minimum absolute atomic E-state index is 0.134. The molecule has 9 heteroatoms. The molecule has 0 spiro atoms. The summed E-state index contributed by atoms with van der Waals surface area (Å²) in [7, 11) is 1.35. The van der Waals surface area contributed by atoms with Gasteiger partial charge in [-0.05, 0) is 50.2 Å². The van der Waals surface area contributed by atoms with Crippen LogP contribution in [-0.2, 0) is 14.3 Å². The number of amides is 1. The fourth-order valence-corrected chi connectivity index (χ4v) is 2.64. The number of hydrogen-bond acceptors (Lipinski definition) is 5. The van der Waals surface area contributed by atoms with E-state index in [2.05, 4.69) is 10.1 Å². The maximum Gasteiger partial charge on any atom is 0.573 e. The largest absolute Gasteiger partial charge is 0.573 e. The summed E-state index contributed by atoms with van der Waals surface area (Å²) in [6, 6.07) is 4.93. The Labute approximate surface area is 142 Å². The summed E-state index contributed by atoms with van der Waals surface area (Å²) in [6.45, 7) is 1.35. The van der Waals surface area contributed by atoms with E-state index in [-0.39, 0.29) is 30.1 Å². The number of benzene rings is 1. The van der Waals surface area contributed by atoms with E-state index < -0.39 is 6.36 Å². The van der Waals surface area contributed by atoms with Crippen molar-refractivity contribution in [2.45, 2.75) is 19.2 Å². The highest BCUT2D eigenvalue weighted by molar-refractivity contribution is 5.92. The van der Waals surface area contributed by atoms with Gasteiger partial charge in [0.15, 0.2) is 0 Å². The van der Waals surface area contributed by atoms with Gasteiger partial charge >= 0.3 is 12.3 Å². The van der Waals surface area contributed by atoms with Crippen LogP contribution in [0.2, 0.25) is 0 Å². The van der Waals surface area contributed by atoms with Crippen LogP contribution >= 0.6 is 0 Å². The summed E-state index contributed by atoms with van der Waals surface area (Å²) >= 11 is 0. The molecule has 25 heavy (non-hydrogen) atoms. The van der Waals surface area contributed by atoms with Gasteiger partial charge in [0.05, 0.1) is 19.6 Å². The predicted molar refractivity (Wildman–Crippen MR) is 82.9 cm³/mol. The second-order valence-corrected chi connectivity index (χ2v) is 5.69. The first kappa shape index (κ1) is 19.0. The van der Waals surface area contributed by atoms with E-state index in [4.69, 9.17) is 4.74 Å². The third-order valence-corrected chi connectivity index (χ3v) is 3.86. The number of ether oxygens (including phenoxy) is 2. The van der Waals surface area contributed by atoms with Crippen molar-refractivity contribution in [2.75, 3.05) is 32.1 Å². The van der Waals surface area contributed by atoms with Crippen LogP contribution < -0.4 is 10.1 Å². The number of anilines is 1. The molecule has 2 rings (SSSR count). The van der Waals surface area contributed by atoms with E-state index >= 15 is 0 Å². The minimum Gasteiger partial charge on any atom is -0.469 e. The van der Waals surface area contributed by atoms with Gasteiger partial charge in [-0.25, -0.2) is 0 Å². The van der Waals surface area contributed by atoms with Gasteiger partial charge in [0.1, 0.15) is 5.75 Å². The molecule has 0 aliphatic carbocycles. The molecule has 1 fully saturated rings. The molecule has 0 saturated carbocycles. The summed E-state index contributed by atoms with van der Waals surface area (Å²) < 4.78 is 44.7. The van der Waals surface area contributed by atoms with Gasteiger partial charge in [-0.3, -0.25) is 14.5 Å². The van der Waals surface area contributed by atoms with Crippen molar-refractivity contribution in [1.82, 2.24) is 4.90 Å². The van der Waals surface area contributed by atoms with Crippen LogP contribution in [0.15, 0.2) is 24.3 Å². The monoisotopic (exact) mass is 360 g/mol. The molecular weight excluding hydrogens is 341 g/mol. The van der Waals surface area contributed by atoms with Crippen molar-refractivity contribution in [2.24, 2.45) is 5.92 Å². The molecule has 0 bridgehead atoms. The Bertz CT molecular complexity index is 596. The number of hydrogen-bond donors (Lipinski definition) is 1. The van der Waals surface area contributed by atoms with Crippen LogP contribution in [0, 0.1) is 5.92 Å². The van der Waals surface area contributed by atoms with Crippen molar-refractivity contribution < 1.29 is 32.2 Å². The Hall–Kier alpha value is -2.29. The van der Waals surface area contributed by atoms with E-state index in [9.17, 15) is 22.8 Å². The number of halogens is 3. The van der Waals surface area contributed by atoms with E-state index in [0.717, 1.165) is 12.1 Å². The van der Waals surface area contributed by atoms with Crippen molar-refractivity contribution in [3.63, 3.8) is 0 Å². The summed E-state index contributed by atoms with van der Waals surface area (Å²) in [4.78, 5) is 25.4. The molecule has 1 N–H and O–H groups in total. The van der Waals surface area contributed by atoms with Gasteiger partial charge < -0.3 is 14.8 Å². The topological polar surface area (TPSA) is 67.9 Å². The third kappa shape index (κ3) is 6.26. The van der Waals surface area contributed by atoms with Crippen LogP contribution in [0.25, 0.3) is 0 Å². The average Bonchev–Trinajstić information content (AvgIpc) is 2.55. The van der Waals surface area contributed by atoms with Crippen LogP contribution in [0.5, 0.6) is 5.75 Å². The Morgan fingerprint density at radius 1 is 1.20 bits per heavy atom. The number of esters is 1. The maximum atomic E-state index is 12.1. The fraction of sp³-hybridized carbons (Fsp3) is 0.500. The van der Waals surface area contributed by atoms with Crippen molar-refractivity contribution in [3.05, 3.63) is 24.3 Å². The molecule has 6 nitrogen and oxygen atoms in total. The van der Waals surface area contributed by atoms with Gasteiger partial charge in [-0.15, -0.1) is 13.2 Å². The number of nitrogens with zero attached hydrogens (tertiary/aromatic N) is 1. The van der Waals surface area contributed by atoms with E-state index in [0.29, 0.717) is 31.6 Å². The molecule has 1 saturated heterocycles. The van der Waals surface area contributed by atoms with Gasteiger partial charge in [0.2, 0.25) is 5.91 Å². The number of methoxy groups -OCH3 is 1. The lowest BCUT2D eigenvalue weighted by Gasteiger charge is -2.29. The van der Waals surface area contributed by atoms with Crippen LogP contribution in [-0.4, -0.2) is 49.9 Å². The number of alkyl halides is 3. The Morgan fingerprint density at radius 3 is 2.32 bits per heavy atom. The number of carbonyl (C=O) groups is 2. The zero-order valence-electron chi connectivity index (χ0n) is 13.6. The summed E-state index contributed by atoms with van der Waals surface area (Å²) in [5.41, 5.74) is 0.379. The molecule has 1 aromatic rings. The lowest BCUT2D eigenvalue weighted by atomic mass is 9.97. The zero-order chi connectivity index (χ0) is 18.4. The normalized spacial score (nSPS) is 16.3. The average molecular weight is 360 g/mol. The van der Waals surface area contributed by atoms with E-state index in [1.54, 1.807) is 0 Å². The van der Waals surface area contributed by atoms with E-state index in [1.165, 1.54) is 19.2 Å². The first-order valence-corrected chi connectivity index (χ1v) is 7.72. The Morgan fingerprint density at radius 2 is 1.80 bits per heavy atom. The Kier molecular flexibility index (Phi) is 6.24. The summed E-state index contributed by atoms with van der Waals surface area (Å²) in [5, 5.41) is 2.62. The highest BCUT2D eigenvalue weighted by Gasteiger charge is 2.31. The standard InChI is InChI=1S/C16H19F3N2O4/c1-24-15(23)11-6-8-21(9-7-11)10-14(22)20-12-2-4-13(5-3-12)25-16(17,18)19/h2-5,11H,6-10H2,1H3,(H,20,22). The second kappa shape index (κ2) is 8.19. The van der Waals surface area contributed by atoms with Crippen molar-refractivity contribution in [1.29, 1.82) is 0 Å². The Balaban J connectivity index is 1.78. The van der Waals surface area contributed by atoms with Crippen molar-refractivity contribution in [3.8, 4) is 5.75 Å². The van der Waals surface area contributed by atoms with Crippen LogP contribution in [0.1, 0.15) is 12.8 Å². The van der Waals surface area contributed by atoms with Gasteiger partial charge in [-0.2, -0.15) is 0 Å². The molecular formula is C16H19F3N2O4. The van der Waals surface area contributed by atoms with Gasteiger partial charge in [-0.1, -0.05) is 0 Å². The lowest BCUT2D eigenvalue weighted by Crippen LogP contribution is -2.41. The molecule has 0 atom stereocenters. The van der Waals surface area contributed by atoms with Crippen LogP contribution in [0.4, 0.5) is 18.9 Å². The molecule has 1 aromatic carbocycles. The molecule has 0 aromatic heterocycles. The fourth-order valence-electron chi connectivity index (χ4n) is 2.64. The zero-order valence-corrected chi connectivity index (χ0v) is 13.6. The number of carbonyl (C=O) groups excluding carboxylic acids is 2. The van der Waals surface area contributed by atoms with Crippen molar-refractivity contribution >= 4 is 17.6 Å². The lowest BCUT2D eigenvalue weighted by molar-refractivity contribution is -0.274. The highest BCUT2D eigenvalue weighted by Crippen LogP contribution is 2.24. The molecule has 1 amide bonds. The minimum atomic E-state index is -4.75. The first-order chi connectivity index (χ1) is 11.8. The second-order valence-electron chi connectivity index (χ2n) is 5.69. The van der Waals surface area contributed by atoms with Gasteiger partial charge in [0, 0.05) is 5.69 Å². The summed E-state index contributed by atoms with van der Waals surface area (Å²) in [5.74, 6) is -0.993. The summed E-state index contributed by atoms with van der Waals surface area (Å²) in [6.07, 6.45) is -3.49. The van der Waals surface area contributed by atoms with Gasteiger partial charge in [0.25, 0.3) is 0 Å². The molecule has 138 valence electrons.